The zero-order valence-corrected chi connectivity index (χ0v) is 26.8. The first-order valence-corrected chi connectivity index (χ1v) is 16.4. The van der Waals surface area contributed by atoms with Crippen molar-refractivity contribution in [2.75, 3.05) is 17.4 Å². The van der Waals surface area contributed by atoms with Crippen LogP contribution in [0, 0.1) is 5.82 Å². The summed E-state index contributed by atoms with van der Waals surface area (Å²) in [6.07, 6.45) is -4.37. The number of anilines is 1. The lowest BCUT2D eigenvalue weighted by molar-refractivity contribution is -0.140. The lowest BCUT2D eigenvalue weighted by atomic mass is 10.0. The Morgan fingerprint density at radius 1 is 0.894 bits per heavy atom. The number of nitrogens with zero attached hydrogens (tertiary/aromatic N) is 2. The van der Waals surface area contributed by atoms with Crippen molar-refractivity contribution in [3.05, 3.63) is 131 Å². The molecular formula is C34H32ClF4N3O4S. The van der Waals surface area contributed by atoms with Gasteiger partial charge in [0.25, 0.3) is 10.0 Å². The van der Waals surface area contributed by atoms with Crippen LogP contribution in [0.5, 0.6) is 0 Å². The van der Waals surface area contributed by atoms with Crippen LogP contribution >= 0.6 is 11.6 Å². The predicted octanol–water partition coefficient (Wildman–Crippen LogP) is 6.86. The number of amides is 2. The molecule has 1 atom stereocenters. The first-order valence-electron chi connectivity index (χ1n) is 14.6. The van der Waals surface area contributed by atoms with E-state index in [1.807, 2.05) is 6.92 Å². The minimum Gasteiger partial charge on any atom is -0.354 e. The first-order chi connectivity index (χ1) is 22.3. The van der Waals surface area contributed by atoms with Gasteiger partial charge < -0.3 is 10.2 Å². The number of rotatable bonds is 13. The largest absolute Gasteiger partial charge is 0.417 e. The third-order valence-corrected chi connectivity index (χ3v) is 9.39. The summed E-state index contributed by atoms with van der Waals surface area (Å²) in [4.78, 5) is 28.7. The van der Waals surface area contributed by atoms with Crippen LogP contribution in [-0.2, 0) is 38.8 Å². The molecule has 0 aromatic heterocycles. The molecule has 0 heterocycles. The van der Waals surface area contributed by atoms with Crippen molar-refractivity contribution < 1.29 is 35.6 Å². The van der Waals surface area contributed by atoms with E-state index < -0.39 is 69.2 Å². The number of hydrogen-bond donors (Lipinski definition) is 1. The van der Waals surface area contributed by atoms with E-state index in [9.17, 15) is 35.6 Å². The molecule has 7 nitrogen and oxygen atoms in total. The third-order valence-electron chi connectivity index (χ3n) is 7.27. The van der Waals surface area contributed by atoms with Crippen LogP contribution in [0.4, 0.5) is 23.2 Å². The number of alkyl halides is 3. The molecule has 4 aromatic carbocycles. The van der Waals surface area contributed by atoms with Crippen molar-refractivity contribution >= 4 is 39.1 Å². The van der Waals surface area contributed by atoms with E-state index in [0.29, 0.717) is 22.4 Å². The zero-order valence-electron chi connectivity index (χ0n) is 25.3. The van der Waals surface area contributed by atoms with Gasteiger partial charge in [-0.3, -0.25) is 13.9 Å². The Morgan fingerprint density at radius 3 is 2.13 bits per heavy atom. The number of hydrogen-bond acceptors (Lipinski definition) is 4. The fraction of sp³-hybridized carbons (Fsp3) is 0.235. The van der Waals surface area contributed by atoms with Crippen LogP contribution in [0.15, 0.2) is 108 Å². The van der Waals surface area contributed by atoms with Crippen LogP contribution in [0.2, 0.25) is 5.02 Å². The maximum absolute atomic E-state index is 15.0. The van der Waals surface area contributed by atoms with Crippen LogP contribution in [0.25, 0.3) is 0 Å². The molecule has 0 aliphatic heterocycles. The van der Waals surface area contributed by atoms with Crippen molar-refractivity contribution in [3.8, 4) is 0 Å². The molecule has 0 fully saturated rings. The Labute approximate surface area is 275 Å². The van der Waals surface area contributed by atoms with Crippen molar-refractivity contribution in [2.45, 2.75) is 43.4 Å². The molecule has 47 heavy (non-hydrogen) atoms. The van der Waals surface area contributed by atoms with E-state index in [1.54, 1.807) is 42.5 Å². The summed E-state index contributed by atoms with van der Waals surface area (Å²) in [5.41, 5.74) is -1.08. The van der Waals surface area contributed by atoms with Gasteiger partial charge in [-0.05, 0) is 48.4 Å². The van der Waals surface area contributed by atoms with Crippen molar-refractivity contribution in [3.63, 3.8) is 0 Å². The average Bonchev–Trinajstić information content (AvgIpc) is 3.05. The van der Waals surface area contributed by atoms with Gasteiger partial charge in [0.2, 0.25) is 11.8 Å². The maximum atomic E-state index is 15.0. The number of carbonyl (C=O) groups is 2. The predicted molar refractivity (Wildman–Crippen MR) is 172 cm³/mol. The topological polar surface area (TPSA) is 86.8 Å². The third kappa shape index (κ3) is 8.89. The Hall–Kier alpha value is -4.42. The molecule has 0 radical (unpaired) electrons. The fourth-order valence-corrected chi connectivity index (χ4v) is 6.52. The molecule has 13 heteroatoms. The molecule has 4 rings (SSSR count). The summed E-state index contributed by atoms with van der Waals surface area (Å²) in [7, 11) is -4.66. The molecule has 1 unspecified atom stereocenters. The number of carbonyl (C=O) groups excluding carboxylic acids is 2. The molecule has 0 aliphatic rings. The molecule has 248 valence electrons. The minimum absolute atomic E-state index is 0.0127. The number of nitrogens with one attached hydrogen (secondary N) is 1. The highest BCUT2D eigenvalue weighted by Gasteiger charge is 2.37. The monoisotopic (exact) mass is 689 g/mol. The smallest absolute Gasteiger partial charge is 0.354 e. The quantitative estimate of drug-likeness (QED) is 0.156. The lowest BCUT2D eigenvalue weighted by Crippen LogP contribution is -2.53. The van der Waals surface area contributed by atoms with Gasteiger partial charge >= 0.3 is 6.18 Å². The molecular weight excluding hydrogens is 658 g/mol. The van der Waals surface area contributed by atoms with E-state index in [2.05, 4.69) is 5.32 Å². The summed E-state index contributed by atoms with van der Waals surface area (Å²) in [5, 5.41) is 2.10. The number of halogens is 5. The van der Waals surface area contributed by atoms with Gasteiger partial charge in [-0.1, -0.05) is 85.3 Å². The summed E-state index contributed by atoms with van der Waals surface area (Å²) in [5.74, 6) is -2.19. The summed E-state index contributed by atoms with van der Waals surface area (Å²) < 4.78 is 85.1. The Bertz CT molecular complexity index is 1790. The molecule has 1 N–H and O–H groups in total. The highest BCUT2D eigenvalue weighted by Crippen LogP contribution is 2.38. The molecule has 4 aromatic rings. The van der Waals surface area contributed by atoms with Crippen LogP contribution in [0.1, 0.15) is 30.0 Å². The molecule has 0 bridgehead atoms. The van der Waals surface area contributed by atoms with Gasteiger partial charge in [-0.25, -0.2) is 12.8 Å². The van der Waals surface area contributed by atoms with Crippen molar-refractivity contribution in [2.24, 2.45) is 0 Å². The minimum atomic E-state index is -4.94. The van der Waals surface area contributed by atoms with Crippen LogP contribution in [-0.4, -0.2) is 44.3 Å². The van der Waals surface area contributed by atoms with Crippen molar-refractivity contribution in [1.82, 2.24) is 10.2 Å². The Morgan fingerprint density at radius 2 is 1.51 bits per heavy atom. The molecule has 0 saturated carbocycles. The molecule has 0 saturated heterocycles. The van der Waals surface area contributed by atoms with Crippen LogP contribution < -0.4 is 9.62 Å². The van der Waals surface area contributed by atoms with E-state index in [-0.39, 0.29) is 23.4 Å². The van der Waals surface area contributed by atoms with E-state index in [1.165, 1.54) is 42.5 Å². The fourth-order valence-electron chi connectivity index (χ4n) is 4.86. The highest BCUT2D eigenvalue weighted by atomic mass is 35.5. The Kier molecular flexibility index (Phi) is 11.6. The van der Waals surface area contributed by atoms with Gasteiger partial charge in [0.05, 0.1) is 21.2 Å². The highest BCUT2D eigenvalue weighted by molar-refractivity contribution is 7.92. The first kappa shape index (κ1) is 35.4. The van der Waals surface area contributed by atoms with Gasteiger partial charge in [-0.15, -0.1) is 0 Å². The van der Waals surface area contributed by atoms with Crippen molar-refractivity contribution in [1.29, 1.82) is 0 Å². The lowest BCUT2D eigenvalue weighted by Gasteiger charge is -2.34. The van der Waals surface area contributed by atoms with E-state index in [0.717, 1.165) is 17.0 Å². The normalized spacial score (nSPS) is 12.3. The van der Waals surface area contributed by atoms with Gasteiger partial charge in [0.1, 0.15) is 18.4 Å². The number of benzene rings is 4. The maximum Gasteiger partial charge on any atom is 0.417 e. The summed E-state index contributed by atoms with van der Waals surface area (Å²) >= 11 is 5.83. The Balaban J connectivity index is 1.86. The second kappa shape index (κ2) is 15.4. The van der Waals surface area contributed by atoms with E-state index >= 15 is 0 Å². The second-order valence-corrected chi connectivity index (χ2v) is 12.9. The van der Waals surface area contributed by atoms with Gasteiger partial charge in [0.15, 0.2) is 0 Å². The van der Waals surface area contributed by atoms with Gasteiger partial charge in [-0.2, -0.15) is 13.2 Å². The standard InChI is InChI=1S/C34H32ClF4N3O4S/c1-2-19-40-33(44)31(20-24-11-5-3-6-12-24)41(22-25-13-9-10-16-30(25)36)32(43)23-42(47(45,46)27-14-7-4-8-15-27)26-17-18-29(35)28(21-26)34(37,38)39/h3-18,21,31H,2,19-20,22-23H2,1H3,(H,40,44). The zero-order chi connectivity index (χ0) is 34.2. The van der Waals surface area contributed by atoms with Gasteiger partial charge in [0, 0.05) is 25.1 Å². The summed E-state index contributed by atoms with van der Waals surface area (Å²) in [6, 6.07) is 22.5. The van der Waals surface area contributed by atoms with E-state index in [4.69, 9.17) is 11.6 Å². The SMILES string of the molecule is CCCNC(=O)C(Cc1ccccc1)N(Cc1ccccc1F)C(=O)CN(c1ccc(Cl)c(C(F)(F)F)c1)S(=O)(=O)c1ccccc1. The molecule has 0 spiro atoms. The van der Waals surface area contributed by atoms with Crippen LogP contribution in [0.3, 0.4) is 0 Å². The molecule has 2 amide bonds. The molecule has 0 aliphatic carbocycles. The summed E-state index contributed by atoms with van der Waals surface area (Å²) in [6.45, 7) is 0.654. The average molecular weight is 690 g/mol. The number of sulfonamides is 1. The second-order valence-electron chi connectivity index (χ2n) is 10.6.